The molecular formula is C11H20ClFN2O. The van der Waals surface area contributed by atoms with Gasteiger partial charge in [0.25, 0.3) is 0 Å². The number of benzene rings is 1. The zero-order valence-corrected chi connectivity index (χ0v) is 10.9. The summed E-state index contributed by atoms with van der Waals surface area (Å²) in [5.74, 6) is -0.418. The predicted molar refractivity (Wildman–Crippen MR) is 67.7 cm³/mol. The topological polar surface area (TPSA) is 35.5 Å². The lowest BCUT2D eigenvalue weighted by atomic mass is 10.2. The molecule has 0 radical (unpaired) electrons. The van der Waals surface area contributed by atoms with Gasteiger partial charge < -0.3 is 15.3 Å². The monoisotopic (exact) mass is 250 g/mol. The van der Waals surface area contributed by atoms with E-state index in [0.717, 1.165) is 11.6 Å². The zero-order valence-electron chi connectivity index (χ0n) is 10.1. The molecule has 16 heavy (non-hydrogen) atoms. The van der Waals surface area contributed by atoms with Crippen LogP contribution in [0.15, 0.2) is 18.2 Å². The van der Waals surface area contributed by atoms with E-state index in [0.29, 0.717) is 6.54 Å². The van der Waals surface area contributed by atoms with Crippen molar-refractivity contribution in [3.8, 4) is 5.75 Å². The Morgan fingerprint density at radius 3 is 2.12 bits per heavy atom. The third kappa shape index (κ3) is 8.47. The first kappa shape index (κ1) is 17.6. The van der Waals surface area contributed by atoms with E-state index in [4.69, 9.17) is 5.11 Å². The summed E-state index contributed by atoms with van der Waals surface area (Å²) >= 11 is 0. The molecule has 3 nitrogen and oxygen atoms in total. The zero-order chi connectivity index (χ0) is 11.8. The van der Waals surface area contributed by atoms with E-state index in [-0.39, 0.29) is 18.2 Å². The maximum Gasteiger partial charge on any atom is 0.127 e. The molecule has 1 aromatic carbocycles. The molecule has 0 saturated carbocycles. The number of phenolic OH excluding ortho intramolecular Hbond substituents is 1. The quantitative estimate of drug-likeness (QED) is 0.841. The number of hydrogen-bond acceptors (Lipinski definition) is 3. The van der Waals surface area contributed by atoms with Crippen LogP contribution < -0.4 is 5.32 Å². The average Bonchev–Trinajstić information content (AvgIpc) is 2.00. The lowest BCUT2D eigenvalue weighted by Gasteiger charge is -2.09. The molecule has 0 aliphatic heterocycles. The third-order valence-electron chi connectivity index (χ3n) is 1.44. The molecule has 1 aromatic rings. The first-order chi connectivity index (χ1) is 6.99. The van der Waals surface area contributed by atoms with E-state index < -0.39 is 5.82 Å². The third-order valence-corrected chi connectivity index (χ3v) is 1.44. The van der Waals surface area contributed by atoms with Crippen molar-refractivity contribution in [3.05, 3.63) is 29.6 Å². The maximum atomic E-state index is 12.7. The standard InChI is InChI=1S/C9H12FNO.C2H7N.ClH/c1-11(2)6-7-3-8(10)5-9(12)4-7;1-3-2;/h3-5,12H,6H2,1-2H3;3H,1-2H3;1H. The minimum Gasteiger partial charge on any atom is -0.508 e. The summed E-state index contributed by atoms with van der Waals surface area (Å²) in [4.78, 5) is 1.91. The van der Waals surface area contributed by atoms with Crippen LogP contribution in [-0.2, 0) is 6.54 Å². The maximum absolute atomic E-state index is 12.7. The Balaban J connectivity index is 0. The number of halogens is 2. The molecule has 0 aliphatic carbocycles. The van der Waals surface area contributed by atoms with E-state index in [1.54, 1.807) is 6.07 Å². The Labute approximate surface area is 103 Å². The second-order valence-electron chi connectivity index (χ2n) is 3.56. The Kier molecular flexibility index (Phi) is 10.3. The Morgan fingerprint density at radius 1 is 1.25 bits per heavy atom. The summed E-state index contributed by atoms with van der Waals surface area (Å²) < 4.78 is 12.7. The van der Waals surface area contributed by atoms with Crippen LogP contribution in [0.1, 0.15) is 5.56 Å². The molecule has 0 spiro atoms. The fourth-order valence-electron chi connectivity index (χ4n) is 1.09. The van der Waals surface area contributed by atoms with Crippen LogP contribution in [0.2, 0.25) is 0 Å². The van der Waals surface area contributed by atoms with Gasteiger partial charge in [0.05, 0.1) is 0 Å². The number of nitrogens with zero attached hydrogens (tertiary/aromatic N) is 1. The highest BCUT2D eigenvalue weighted by atomic mass is 35.5. The number of phenols is 1. The molecule has 1 rings (SSSR count). The smallest absolute Gasteiger partial charge is 0.127 e. The lowest BCUT2D eigenvalue weighted by molar-refractivity contribution is 0.398. The number of hydrogen-bond donors (Lipinski definition) is 2. The van der Waals surface area contributed by atoms with Crippen molar-refractivity contribution in [3.63, 3.8) is 0 Å². The molecule has 2 N–H and O–H groups in total. The van der Waals surface area contributed by atoms with Crippen molar-refractivity contribution in [2.75, 3.05) is 28.2 Å². The van der Waals surface area contributed by atoms with Gasteiger partial charge in [0, 0.05) is 12.6 Å². The van der Waals surface area contributed by atoms with E-state index in [2.05, 4.69) is 5.32 Å². The van der Waals surface area contributed by atoms with Crippen LogP contribution in [-0.4, -0.2) is 38.2 Å². The minimum atomic E-state index is -0.396. The van der Waals surface area contributed by atoms with Gasteiger partial charge >= 0.3 is 0 Å². The molecule has 0 saturated heterocycles. The first-order valence-corrected chi connectivity index (χ1v) is 4.71. The molecule has 94 valence electrons. The van der Waals surface area contributed by atoms with Gasteiger partial charge in [-0.3, -0.25) is 0 Å². The molecule has 0 atom stereocenters. The highest BCUT2D eigenvalue weighted by Crippen LogP contribution is 2.15. The predicted octanol–water partition coefficient (Wildman–Crippen LogP) is 1.85. The Morgan fingerprint density at radius 2 is 1.75 bits per heavy atom. The Bertz CT molecular complexity index is 275. The molecule has 5 heteroatoms. The molecule has 0 unspecified atom stereocenters. The SMILES string of the molecule is CN(C)Cc1cc(O)cc(F)c1.CNC.Cl. The molecule has 0 aliphatic rings. The van der Waals surface area contributed by atoms with E-state index in [1.165, 1.54) is 6.07 Å². The van der Waals surface area contributed by atoms with Gasteiger partial charge in [0.1, 0.15) is 11.6 Å². The van der Waals surface area contributed by atoms with Crippen molar-refractivity contribution >= 4 is 12.4 Å². The van der Waals surface area contributed by atoms with Crippen LogP contribution in [0.3, 0.4) is 0 Å². The van der Waals surface area contributed by atoms with Crippen molar-refractivity contribution in [2.24, 2.45) is 0 Å². The average molecular weight is 251 g/mol. The molecule has 0 heterocycles. The number of aromatic hydroxyl groups is 1. The fraction of sp³-hybridized carbons (Fsp3) is 0.455. The molecule has 0 bridgehead atoms. The van der Waals surface area contributed by atoms with Crippen molar-refractivity contribution in [1.29, 1.82) is 0 Å². The van der Waals surface area contributed by atoms with Crippen LogP contribution in [0, 0.1) is 5.82 Å². The highest BCUT2D eigenvalue weighted by molar-refractivity contribution is 5.85. The highest BCUT2D eigenvalue weighted by Gasteiger charge is 2.00. The second kappa shape index (κ2) is 9.39. The molecule has 0 aromatic heterocycles. The Hall–Kier alpha value is -0.840. The largest absolute Gasteiger partial charge is 0.508 e. The molecule has 0 amide bonds. The van der Waals surface area contributed by atoms with Crippen molar-refractivity contribution in [2.45, 2.75) is 6.54 Å². The summed E-state index contributed by atoms with van der Waals surface area (Å²) in [5, 5.41) is 11.8. The van der Waals surface area contributed by atoms with Gasteiger partial charge in [-0.15, -0.1) is 12.4 Å². The minimum absolute atomic E-state index is 0. The molecule has 0 fully saturated rings. The van der Waals surface area contributed by atoms with Crippen LogP contribution in [0.25, 0.3) is 0 Å². The summed E-state index contributed by atoms with van der Waals surface area (Å²) in [7, 11) is 7.53. The summed E-state index contributed by atoms with van der Waals surface area (Å²) in [6.45, 7) is 0.630. The van der Waals surface area contributed by atoms with Gasteiger partial charge in [0.2, 0.25) is 0 Å². The summed E-state index contributed by atoms with van der Waals surface area (Å²) in [6.07, 6.45) is 0. The molecular weight excluding hydrogens is 231 g/mol. The fourth-order valence-corrected chi connectivity index (χ4v) is 1.09. The van der Waals surface area contributed by atoms with Gasteiger partial charge in [-0.2, -0.15) is 0 Å². The van der Waals surface area contributed by atoms with Crippen LogP contribution >= 0.6 is 12.4 Å². The van der Waals surface area contributed by atoms with Crippen molar-refractivity contribution < 1.29 is 9.50 Å². The van der Waals surface area contributed by atoms with Gasteiger partial charge in [-0.1, -0.05) is 0 Å². The van der Waals surface area contributed by atoms with E-state index >= 15 is 0 Å². The van der Waals surface area contributed by atoms with E-state index in [1.807, 2.05) is 33.1 Å². The van der Waals surface area contributed by atoms with Crippen molar-refractivity contribution in [1.82, 2.24) is 10.2 Å². The van der Waals surface area contributed by atoms with Gasteiger partial charge in [-0.25, -0.2) is 4.39 Å². The van der Waals surface area contributed by atoms with E-state index in [9.17, 15) is 4.39 Å². The normalized spacial score (nSPS) is 9.12. The lowest BCUT2D eigenvalue weighted by Crippen LogP contribution is -2.10. The van der Waals surface area contributed by atoms with Gasteiger partial charge in [-0.05, 0) is 45.9 Å². The first-order valence-electron chi connectivity index (χ1n) is 4.71. The van der Waals surface area contributed by atoms with Crippen LogP contribution in [0.4, 0.5) is 4.39 Å². The second-order valence-corrected chi connectivity index (χ2v) is 3.56. The van der Waals surface area contributed by atoms with Gasteiger partial charge in [0.15, 0.2) is 0 Å². The summed E-state index contributed by atoms with van der Waals surface area (Å²) in [6, 6.07) is 4.07. The van der Waals surface area contributed by atoms with Crippen LogP contribution in [0.5, 0.6) is 5.75 Å². The number of nitrogens with one attached hydrogen (secondary N) is 1. The summed E-state index contributed by atoms with van der Waals surface area (Å²) in [5.41, 5.74) is 0.775. The number of rotatable bonds is 2.